The maximum atomic E-state index is 12.2. The molecule has 2 aromatic rings. The number of hydrogen-bond donors (Lipinski definition) is 0. The number of carbonyl (C=O) groups excluding carboxylic acids is 1. The van der Waals surface area contributed by atoms with Crippen LogP contribution in [-0.4, -0.2) is 55.0 Å². The molecule has 0 N–H and O–H groups in total. The Hall–Kier alpha value is -1.80. The number of aromatic nitrogens is 4. The molecule has 0 radical (unpaired) electrons. The fourth-order valence-corrected chi connectivity index (χ4v) is 5.06. The zero-order chi connectivity index (χ0) is 18.9. The molecule has 2 aromatic heterocycles. The van der Waals surface area contributed by atoms with Gasteiger partial charge in [0, 0.05) is 26.1 Å². The van der Waals surface area contributed by atoms with Gasteiger partial charge in [-0.3, -0.25) is 9.69 Å². The van der Waals surface area contributed by atoms with E-state index < -0.39 is 0 Å². The van der Waals surface area contributed by atoms with E-state index >= 15 is 0 Å². The second kappa shape index (κ2) is 7.67. The minimum absolute atomic E-state index is 0.198. The zero-order valence-corrected chi connectivity index (χ0v) is 17.0. The highest BCUT2D eigenvalue weighted by Gasteiger charge is 2.58. The maximum Gasteiger partial charge on any atom is 0.220 e. The van der Waals surface area contributed by atoms with E-state index in [1.807, 2.05) is 4.68 Å². The summed E-state index contributed by atoms with van der Waals surface area (Å²) in [6.45, 7) is 8.40. The molecule has 2 aliphatic rings. The molecule has 1 atom stereocenters. The summed E-state index contributed by atoms with van der Waals surface area (Å²) in [5.74, 6) is 1.16. The van der Waals surface area contributed by atoms with E-state index in [4.69, 9.17) is 0 Å². The number of aryl methyl sites for hydroxylation is 1. The number of carbonyl (C=O) groups is 1. The standard InChI is InChI=1S/C19H28N6OS/c1-3-7-25-18(20-21-22-25)13-23-8-5-19(6-9-23)11-17(19)24(15(2)26)12-16-4-10-27-14-16/h4,10,14,17H,3,5-9,11-13H2,1-2H3/t17-/m1/s1. The van der Waals surface area contributed by atoms with Crippen molar-refractivity contribution in [1.29, 1.82) is 0 Å². The minimum atomic E-state index is 0.198. The Bertz CT molecular complexity index is 765. The number of amides is 1. The summed E-state index contributed by atoms with van der Waals surface area (Å²) in [6.07, 6.45) is 4.49. The molecule has 4 rings (SSSR count). The Kier molecular flexibility index (Phi) is 5.27. The Morgan fingerprint density at radius 1 is 1.41 bits per heavy atom. The average Bonchev–Trinajstić information content (AvgIpc) is 3.02. The van der Waals surface area contributed by atoms with E-state index in [9.17, 15) is 4.79 Å². The van der Waals surface area contributed by atoms with Crippen LogP contribution in [0.1, 0.15) is 50.9 Å². The van der Waals surface area contributed by atoms with Gasteiger partial charge in [-0.2, -0.15) is 11.3 Å². The summed E-state index contributed by atoms with van der Waals surface area (Å²) >= 11 is 1.70. The molecule has 1 aliphatic carbocycles. The lowest BCUT2D eigenvalue weighted by molar-refractivity contribution is -0.130. The van der Waals surface area contributed by atoms with Gasteiger partial charge >= 0.3 is 0 Å². The van der Waals surface area contributed by atoms with E-state index in [-0.39, 0.29) is 5.91 Å². The van der Waals surface area contributed by atoms with Crippen LogP contribution in [0.4, 0.5) is 0 Å². The van der Waals surface area contributed by atoms with Crippen molar-refractivity contribution in [3.05, 3.63) is 28.2 Å². The van der Waals surface area contributed by atoms with Crippen LogP contribution in [0.15, 0.2) is 16.8 Å². The van der Waals surface area contributed by atoms with E-state index in [1.54, 1.807) is 18.3 Å². The van der Waals surface area contributed by atoms with Crippen molar-refractivity contribution >= 4 is 17.2 Å². The van der Waals surface area contributed by atoms with Crippen molar-refractivity contribution in [2.45, 2.75) is 65.2 Å². The number of likely N-dealkylation sites (tertiary alicyclic amines) is 1. The molecule has 0 aromatic carbocycles. The monoisotopic (exact) mass is 388 g/mol. The van der Waals surface area contributed by atoms with Gasteiger partial charge in [-0.15, -0.1) is 5.10 Å². The number of thiophene rings is 1. The smallest absolute Gasteiger partial charge is 0.220 e. The molecule has 2 fully saturated rings. The highest BCUT2D eigenvalue weighted by atomic mass is 32.1. The molecule has 8 heteroatoms. The van der Waals surface area contributed by atoms with Gasteiger partial charge < -0.3 is 4.90 Å². The Morgan fingerprint density at radius 2 is 2.22 bits per heavy atom. The van der Waals surface area contributed by atoms with Gasteiger partial charge in [0.05, 0.1) is 6.54 Å². The normalized spacial score (nSPS) is 21.5. The second-order valence-electron chi connectivity index (χ2n) is 7.96. The topological polar surface area (TPSA) is 67.2 Å². The van der Waals surface area contributed by atoms with Gasteiger partial charge in [-0.05, 0) is 77.0 Å². The van der Waals surface area contributed by atoms with Crippen molar-refractivity contribution in [3.63, 3.8) is 0 Å². The summed E-state index contributed by atoms with van der Waals surface area (Å²) in [4.78, 5) is 16.8. The summed E-state index contributed by atoms with van der Waals surface area (Å²) in [7, 11) is 0. The number of rotatable bonds is 7. The molecule has 1 aliphatic heterocycles. The van der Waals surface area contributed by atoms with Crippen molar-refractivity contribution in [2.24, 2.45) is 5.41 Å². The molecule has 27 heavy (non-hydrogen) atoms. The minimum Gasteiger partial charge on any atom is -0.335 e. The summed E-state index contributed by atoms with van der Waals surface area (Å²) in [5.41, 5.74) is 1.57. The molecule has 146 valence electrons. The number of piperidine rings is 1. The first-order valence-corrected chi connectivity index (χ1v) is 10.8. The van der Waals surface area contributed by atoms with Crippen molar-refractivity contribution in [1.82, 2.24) is 30.0 Å². The Balaban J connectivity index is 1.33. The first-order chi connectivity index (χ1) is 13.1. The predicted octanol–water partition coefficient (Wildman–Crippen LogP) is 2.55. The lowest BCUT2D eigenvalue weighted by Crippen LogP contribution is -2.40. The van der Waals surface area contributed by atoms with Gasteiger partial charge in [0.15, 0.2) is 5.82 Å². The van der Waals surface area contributed by atoms with E-state index in [2.05, 4.69) is 49.1 Å². The molecule has 1 amide bonds. The van der Waals surface area contributed by atoms with Gasteiger partial charge in [-0.25, -0.2) is 4.68 Å². The summed E-state index contributed by atoms with van der Waals surface area (Å²) in [5, 5.41) is 16.3. The average molecular weight is 389 g/mol. The van der Waals surface area contributed by atoms with Crippen LogP contribution in [0.2, 0.25) is 0 Å². The SMILES string of the molecule is CCCn1nnnc1CN1CCC2(CC1)C[C@H]2N(Cc1ccsc1)C(C)=O. The number of tetrazole rings is 1. The van der Waals surface area contributed by atoms with Crippen LogP contribution in [0.3, 0.4) is 0 Å². The van der Waals surface area contributed by atoms with E-state index in [0.29, 0.717) is 11.5 Å². The van der Waals surface area contributed by atoms with Gasteiger partial charge in [-0.1, -0.05) is 6.92 Å². The lowest BCUT2D eigenvalue weighted by Gasteiger charge is -2.34. The third-order valence-corrected chi connectivity index (χ3v) is 6.85. The van der Waals surface area contributed by atoms with Crippen molar-refractivity contribution < 1.29 is 4.79 Å². The van der Waals surface area contributed by atoms with E-state index in [1.165, 1.54) is 5.56 Å². The highest BCUT2D eigenvalue weighted by molar-refractivity contribution is 7.07. The fraction of sp³-hybridized carbons (Fsp3) is 0.684. The summed E-state index contributed by atoms with van der Waals surface area (Å²) in [6, 6.07) is 2.53. The van der Waals surface area contributed by atoms with Crippen molar-refractivity contribution in [3.8, 4) is 0 Å². The van der Waals surface area contributed by atoms with Crippen molar-refractivity contribution in [2.75, 3.05) is 13.1 Å². The van der Waals surface area contributed by atoms with Gasteiger partial charge in [0.1, 0.15) is 0 Å². The first-order valence-electron chi connectivity index (χ1n) is 9.87. The third kappa shape index (κ3) is 3.91. The molecular weight excluding hydrogens is 360 g/mol. The maximum absolute atomic E-state index is 12.2. The predicted molar refractivity (Wildman–Crippen MR) is 104 cm³/mol. The van der Waals surface area contributed by atoms with Gasteiger partial charge in [0.2, 0.25) is 5.91 Å². The molecule has 0 unspecified atom stereocenters. The Labute approximate surface area is 164 Å². The lowest BCUT2D eigenvalue weighted by atomic mass is 9.92. The van der Waals surface area contributed by atoms with Crippen LogP contribution in [0, 0.1) is 5.41 Å². The van der Waals surface area contributed by atoms with Crippen LogP contribution >= 0.6 is 11.3 Å². The largest absolute Gasteiger partial charge is 0.335 e. The molecule has 1 spiro atoms. The second-order valence-corrected chi connectivity index (χ2v) is 8.74. The third-order valence-electron chi connectivity index (χ3n) is 6.12. The van der Waals surface area contributed by atoms with Crippen LogP contribution in [0.25, 0.3) is 0 Å². The summed E-state index contributed by atoms with van der Waals surface area (Å²) < 4.78 is 1.92. The Morgan fingerprint density at radius 3 is 2.89 bits per heavy atom. The number of hydrogen-bond acceptors (Lipinski definition) is 6. The first kappa shape index (κ1) is 18.6. The van der Waals surface area contributed by atoms with Gasteiger partial charge in [0.25, 0.3) is 0 Å². The fourth-order valence-electron chi connectivity index (χ4n) is 4.40. The molecular formula is C19H28N6OS. The molecule has 7 nitrogen and oxygen atoms in total. The van der Waals surface area contributed by atoms with Crippen LogP contribution in [0.5, 0.6) is 0 Å². The molecule has 1 saturated heterocycles. The van der Waals surface area contributed by atoms with E-state index in [0.717, 1.165) is 64.2 Å². The zero-order valence-electron chi connectivity index (χ0n) is 16.2. The van der Waals surface area contributed by atoms with Crippen LogP contribution in [-0.2, 0) is 24.4 Å². The number of nitrogens with zero attached hydrogens (tertiary/aromatic N) is 6. The molecule has 1 saturated carbocycles. The molecule has 0 bridgehead atoms. The highest BCUT2D eigenvalue weighted by Crippen LogP contribution is 2.57. The molecule has 3 heterocycles. The van der Waals surface area contributed by atoms with Crippen LogP contribution < -0.4 is 0 Å². The quantitative estimate of drug-likeness (QED) is 0.729.